The molecular weight excluding hydrogens is 324 g/mol. The van der Waals surface area contributed by atoms with Gasteiger partial charge in [-0.2, -0.15) is 0 Å². The largest absolute Gasteiger partial charge is 0.490 e. The second-order valence-electron chi connectivity index (χ2n) is 6.04. The third-order valence-corrected chi connectivity index (χ3v) is 4.51. The van der Waals surface area contributed by atoms with Crippen molar-refractivity contribution in [1.29, 1.82) is 0 Å². The minimum Gasteiger partial charge on any atom is -0.490 e. The maximum absolute atomic E-state index is 5.87. The molecule has 2 aromatic carbocycles. The molecule has 0 spiro atoms. The standard InChI is InChI=1S/C22H32N2O2/c1-5-23(6-2)19-11-9-13-21(17-19)25-15-16-26-22-14-10-12-20(18-22)24(7-3)8-4/h9-14,17-18H,5-8,15-16H2,1-4H3. The van der Waals surface area contributed by atoms with Gasteiger partial charge in [0.1, 0.15) is 24.7 Å². The van der Waals surface area contributed by atoms with E-state index >= 15 is 0 Å². The van der Waals surface area contributed by atoms with Crippen LogP contribution in [0, 0.1) is 0 Å². The average Bonchev–Trinajstić information content (AvgIpc) is 2.68. The molecule has 2 aromatic rings. The van der Waals surface area contributed by atoms with Crippen molar-refractivity contribution in [3.8, 4) is 11.5 Å². The molecule has 0 amide bonds. The quantitative estimate of drug-likeness (QED) is 0.538. The van der Waals surface area contributed by atoms with Crippen LogP contribution in [0.2, 0.25) is 0 Å². The molecule has 0 atom stereocenters. The highest BCUT2D eigenvalue weighted by Crippen LogP contribution is 2.22. The maximum atomic E-state index is 5.87. The summed E-state index contributed by atoms with van der Waals surface area (Å²) in [5.41, 5.74) is 2.39. The predicted molar refractivity (Wildman–Crippen MR) is 111 cm³/mol. The fraction of sp³-hybridized carbons (Fsp3) is 0.455. The van der Waals surface area contributed by atoms with Crippen LogP contribution in [-0.4, -0.2) is 39.4 Å². The Morgan fingerprint density at radius 3 is 1.35 bits per heavy atom. The normalized spacial score (nSPS) is 10.5. The van der Waals surface area contributed by atoms with Crippen LogP contribution in [0.15, 0.2) is 48.5 Å². The molecule has 142 valence electrons. The summed E-state index contributed by atoms with van der Waals surface area (Å²) in [6.45, 7) is 13.7. The van der Waals surface area contributed by atoms with E-state index in [1.165, 1.54) is 11.4 Å². The fourth-order valence-corrected chi connectivity index (χ4v) is 3.04. The van der Waals surface area contributed by atoms with Crippen LogP contribution >= 0.6 is 0 Å². The van der Waals surface area contributed by atoms with Gasteiger partial charge in [-0.1, -0.05) is 12.1 Å². The first-order valence-electron chi connectivity index (χ1n) is 9.67. The molecule has 4 heteroatoms. The van der Waals surface area contributed by atoms with Gasteiger partial charge in [-0.05, 0) is 52.0 Å². The first kappa shape index (κ1) is 20.0. The summed E-state index contributed by atoms with van der Waals surface area (Å²) in [7, 11) is 0. The monoisotopic (exact) mass is 356 g/mol. The Labute approximate surface area is 158 Å². The summed E-state index contributed by atoms with van der Waals surface area (Å²) >= 11 is 0. The number of rotatable bonds is 11. The van der Waals surface area contributed by atoms with Gasteiger partial charge in [-0.3, -0.25) is 0 Å². The molecule has 0 aliphatic heterocycles. The van der Waals surface area contributed by atoms with Gasteiger partial charge in [0.05, 0.1) is 0 Å². The summed E-state index contributed by atoms with van der Waals surface area (Å²) in [4.78, 5) is 4.62. The average molecular weight is 357 g/mol. The lowest BCUT2D eigenvalue weighted by Crippen LogP contribution is -2.21. The third-order valence-electron chi connectivity index (χ3n) is 4.51. The molecule has 4 nitrogen and oxygen atoms in total. The Morgan fingerprint density at radius 2 is 1.00 bits per heavy atom. The van der Waals surface area contributed by atoms with Gasteiger partial charge in [-0.25, -0.2) is 0 Å². The van der Waals surface area contributed by atoms with E-state index in [0.717, 1.165) is 37.7 Å². The summed E-state index contributed by atoms with van der Waals surface area (Å²) < 4.78 is 11.7. The molecule has 0 bridgehead atoms. The zero-order chi connectivity index (χ0) is 18.8. The lowest BCUT2D eigenvalue weighted by Gasteiger charge is -2.22. The molecule has 0 saturated carbocycles. The molecule has 0 fully saturated rings. The van der Waals surface area contributed by atoms with Crippen molar-refractivity contribution in [2.45, 2.75) is 27.7 Å². The lowest BCUT2D eigenvalue weighted by molar-refractivity contribution is 0.217. The molecule has 0 radical (unpaired) electrons. The van der Waals surface area contributed by atoms with Gasteiger partial charge >= 0.3 is 0 Å². The number of nitrogens with zero attached hydrogens (tertiary/aromatic N) is 2. The second kappa shape index (κ2) is 10.6. The Kier molecular flexibility index (Phi) is 8.13. The molecule has 0 aliphatic carbocycles. The van der Waals surface area contributed by atoms with Crippen molar-refractivity contribution in [2.75, 3.05) is 49.2 Å². The number of benzene rings is 2. The summed E-state index contributed by atoms with van der Waals surface area (Å²) in [6.07, 6.45) is 0. The van der Waals surface area contributed by atoms with Crippen molar-refractivity contribution in [3.63, 3.8) is 0 Å². The molecule has 0 aromatic heterocycles. The van der Waals surface area contributed by atoms with E-state index in [9.17, 15) is 0 Å². The Hall–Kier alpha value is -2.36. The molecular formula is C22H32N2O2. The van der Waals surface area contributed by atoms with Crippen LogP contribution in [0.1, 0.15) is 27.7 Å². The van der Waals surface area contributed by atoms with E-state index in [0.29, 0.717) is 13.2 Å². The van der Waals surface area contributed by atoms with Crippen molar-refractivity contribution in [2.24, 2.45) is 0 Å². The molecule has 0 heterocycles. The zero-order valence-corrected chi connectivity index (χ0v) is 16.6. The first-order valence-corrected chi connectivity index (χ1v) is 9.67. The zero-order valence-electron chi connectivity index (χ0n) is 16.6. The molecule has 0 unspecified atom stereocenters. The van der Waals surface area contributed by atoms with Crippen molar-refractivity contribution in [1.82, 2.24) is 0 Å². The topological polar surface area (TPSA) is 24.9 Å². The Bertz CT molecular complexity index is 595. The molecule has 26 heavy (non-hydrogen) atoms. The molecule has 0 saturated heterocycles. The lowest BCUT2D eigenvalue weighted by atomic mass is 10.2. The molecule has 0 aliphatic rings. The number of hydrogen-bond donors (Lipinski definition) is 0. The van der Waals surface area contributed by atoms with Crippen LogP contribution in [0.4, 0.5) is 11.4 Å². The van der Waals surface area contributed by atoms with Gasteiger partial charge < -0.3 is 19.3 Å². The highest BCUT2D eigenvalue weighted by molar-refractivity contribution is 5.51. The predicted octanol–water partition coefficient (Wildman–Crippen LogP) is 4.84. The minimum atomic E-state index is 0.525. The number of hydrogen-bond acceptors (Lipinski definition) is 4. The maximum Gasteiger partial charge on any atom is 0.122 e. The number of anilines is 2. The van der Waals surface area contributed by atoms with E-state index in [2.05, 4.69) is 61.8 Å². The first-order chi connectivity index (χ1) is 12.7. The molecule has 2 rings (SSSR count). The van der Waals surface area contributed by atoms with Crippen LogP contribution in [0.25, 0.3) is 0 Å². The number of ether oxygens (including phenoxy) is 2. The van der Waals surface area contributed by atoms with Crippen molar-refractivity contribution in [3.05, 3.63) is 48.5 Å². The van der Waals surface area contributed by atoms with Gasteiger partial charge in [0.25, 0.3) is 0 Å². The smallest absolute Gasteiger partial charge is 0.122 e. The van der Waals surface area contributed by atoms with E-state index in [1.807, 2.05) is 24.3 Å². The molecule has 0 N–H and O–H groups in total. The van der Waals surface area contributed by atoms with Crippen molar-refractivity contribution < 1.29 is 9.47 Å². The van der Waals surface area contributed by atoms with Gasteiger partial charge in [0, 0.05) is 49.7 Å². The Balaban J connectivity index is 1.86. The highest BCUT2D eigenvalue weighted by Gasteiger charge is 2.05. The minimum absolute atomic E-state index is 0.525. The second-order valence-corrected chi connectivity index (χ2v) is 6.04. The van der Waals surface area contributed by atoms with E-state index in [4.69, 9.17) is 9.47 Å². The van der Waals surface area contributed by atoms with Gasteiger partial charge in [-0.15, -0.1) is 0 Å². The van der Waals surface area contributed by atoms with E-state index in [1.54, 1.807) is 0 Å². The fourth-order valence-electron chi connectivity index (χ4n) is 3.04. The summed E-state index contributed by atoms with van der Waals surface area (Å²) in [5, 5.41) is 0. The van der Waals surface area contributed by atoms with Crippen LogP contribution < -0.4 is 19.3 Å². The Morgan fingerprint density at radius 1 is 0.615 bits per heavy atom. The van der Waals surface area contributed by atoms with Gasteiger partial charge in [0.15, 0.2) is 0 Å². The SMILES string of the molecule is CCN(CC)c1cccc(OCCOc2cccc(N(CC)CC)c2)c1. The van der Waals surface area contributed by atoms with Gasteiger partial charge in [0.2, 0.25) is 0 Å². The van der Waals surface area contributed by atoms with Crippen LogP contribution in [0.5, 0.6) is 11.5 Å². The van der Waals surface area contributed by atoms with Crippen LogP contribution in [0.3, 0.4) is 0 Å². The summed E-state index contributed by atoms with van der Waals surface area (Å²) in [5.74, 6) is 1.77. The highest BCUT2D eigenvalue weighted by atomic mass is 16.5. The van der Waals surface area contributed by atoms with E-state index in [-0.39, 0.29) is 0 Å². The van der Waals surface area contributed by atoms with Crippen molar-refractivity contribution >= 4 is 11.4 Å². The summed E-state index contributed by atoms with van der Waals surface area (Å²) in [6, 6.07) is 16.5. The van der Waals surface area contributed by atoms with E-state index < -0.39 is 0 Å². The van der Waals surface area contributed by atoms with Crippen LogP contribution in [-0.2, 0) is 0 Å². The third kappa shape index (κ3) is 5.58.